The Balaban J connectivity index is 2.15. The van der Waals surface area contributed by atoms with Crippen LogP contribution in [0.4, 0.5) is 17.2 Å². The van der Waals surface area contributed by atoms with Gasteiger partial charge in [0.15, 0.2) is 0 Å². The van der Waals surface area contributed by atoms with Gasteiger partial charge in [-0.3, -0.25) is 14.9 Å². The molecule has 2 rings (SSSR count). The molecule has 0 aliphatic carbocycles. The number of amides is 1. The summed E-state index contributed by atoms with van der Waals surface area (Å²) in [4.78, 5) is 28.4. The number of nitro groups is 1. The second kappa shape index (κ2) is 7.54. The Kier molecular flexibility index (Phi) is 5.47. The third-order valence-corrected chi connectivity index (χ3v) is 3.72. The van der Waals surface area contributed by atoms with Gasteiger partial charge in [-0.05, 0) is 50.6 Å². The van der Waals surface area contributed by atoms with Gasteiger partial charge in [-0.2, -0.15) is 0 Å². The molecule has 0 atom stereocenters. The van der Waals surface area contributed by atoms with Crippen molar-refractivity contribution in [3.8, 4) is 0 Å². The van der Waals surface area contributed by atoms with Gasteiger partial charge in [-0.15, -0.1) is 0 Å². The van der Waals surface area contributed by atoms with Gasteiger partial charge >= 0.3 is 0 Å². The van der Waals surface area contributed by atoms with Crippen molar-refractivity contribution >= 4 is 23.1 Å². The van der Waals surface area contributed by atoms with Crippen molar-refractivity contribution in [1.82, 2.24) is 9.88 Å². The lowest BCUT2D eigenvalue weighted by molar-refractivity contribution is -0.385. The summed E-state index contributed by atoms with van der Waals surface area (Å²) in [6, 6.07) is 8.56. The van der Waals surface area contributed by atoms with E-state index in [0.717, 1.165) is 5.69 Å². The highest BCUT2D eigenvalue weighted by molar-refractivity contribution is 5.94. The van der Waals surface area contributed by atoms with Crippen LogP contribution < -0.4 is 5.32 Å². The summed E-state index contributed by atoms with van der Waals surface area (Å²) < 4.78 is 0. The van der Waals surface area contributed by atoms with Crippen molar-refractivity contribution in [2.24, 2.45) is 0 Å². The molecule has 1 N–H and O–H groups in total. The summed E-state index contributed by atoms with van der Waals surface area (Å²) >= 11 is 0. The lowest BCUT2D eigenvalue weighted by Gasteiger charge is -2.18. The first-order chi connectivity index (χ1) is 11.5. The lowest BCUT2D eigenvalue weighted by Crippen LogP contribution is -2.30. The average molecular weight is 328 g/mol. The third kappa shape index (κ3) is 3.87. The number of nitrogens with one attached hydrogen (secondary N) is 1. The fraction of sp³-hybridized carbons (Fsp3) is 0.294. The molecule has 0 aliphatic rings. The summed E-state index contributed by atoms with van der Waals surface area (Å²) in [6.07, 6.45) is 1.22. The molecule has 0 saturated carbocycles. The molecule has 1 heterocycles. The molecule has 0 radical (unpaired) electrons. The average Bonchev–Trinajstić information content (AvgIpc) is 2.58. The minimum absolute atomic E-state index is 0.00353. The Morgan fingerprint density at radius 2 is 1.88 bits per heavy atom. The second-order valence-electron chi connectivity index (χ2n) is 5.30. The molecule has 1 amide bonds. The fourth-order valence-electron chi connectivity index (χ4n) is 2.32. The zero-order chi connectivity index (χ0) is 17.7. The maximum Gasteiger partial charge on any atom is 0.287 e. The van der Waals surface area contributed by atoms with Crippen LogP contribution >= 0.6 is 0 Å². The van der Waals surface area contributed by atoms with Crippen LogP contribution in [0.15, 0.2) is 36.5 Å². The monoisotopic (exact) mass is 328 g/mol. The van der Waals surface area contributed by atoms with Crippen LogP contribution in [0.25, 0.3) is 0 Å². The van der Waals surface area contributed by atoms with Crippen LogP contribution in [-0.2, 0) is 0 Å². The molecule has 0 fully saturated rings. The molecule has 0 aliphatic heterocycles. The molecule has 126 valence electrons. The summed E-state index contributed by atoms with van der Waals surface area (Å²) in [5, 5.41) is 13.8. The highest BCUT2D eigenvalue weighted by Crippen LogP contribution is 2.22. The summed E-state index contributed by atoms with van der Waals surface area (Å²) in [6.45, 7) is 6.98. The zero-order valence-corrected chi connectivity index (χ0v) is 13.9. The molecular weight excluding hydrogens is 308 g/mol. The number of benzene rings is 1. The topological polar surface area (TPSA) is 88.4 Å². The van der Waals surface area contributed by atoms with E-state index in [1.165, 1.54) is 12.3 Å². The van der Waals surface area contributed by atoms with Gasteiger partial charge in [0.25, 0.3) is 11.6 Å². The number of hydrogen-bond donors (Lipinski definition) is 1. The van der Waals surface area contributed by atoms with Crippen LogP contribution in [-0.4, -0.2) is 33.8 Å². The van der Waals surface area contributed by atoms with Gasteiger partial charge < -0.3 is 10.2 Å². The number of carbonyl (C=O) groups excluding carboxylic acids is 1. The zero-order valence-electron chi connectivity index (χ0n) is 13.9. The van der Waals surface area contributed by atoms with Crippen LogP contribution in [0.3, 0.4) is 0 Å². The number of rotatable bonds is 6. The van der Waals surface area contributed by atoms with E-state index in [1.54, 1.807) is 36.1 Å². The van der Waals surface area contributed by atoms with Gasteiger partial charge in [0.2, 0.25) is 0 Å². The van der Waals surface area contributed by atoms with Crippen LogP contribution in [0.2, 0.25) is 0 Å². The number of carbonyl (C=O) groups is 1. The number of nitrogens with zero attached hydrogens (tertiary/aromatic N) is 3. The molecule has 1 aromatic heterocycles. The van der Waals surface area contributed by atoms with Gasteiger partial charge in [-0.25, -0.2) is 4.98 Å². The maximum atomic E-state index is 12.3. The van der Waals surface area contributed by atoms with Crippen LogP contribution in [0.1, 0.15) is 29.8 Å². The molecule has 0 bridgehead atoms. The SMILES string of the molecule is CCN(CC)C(=O)c1ccc(Nc2ncc([N+](=O)[O-])cc2C)cc1. The van der Waals surface area contributed by atoms with E-state index in [4.69, 9.17) is 0 Å². The van der Waals surface area contributed by atoms with Gasteiger partial charge in [-0.1, -0.05) is 0 Å². The summed E-state index contributed by atoms with van der Waals surface area (Å²) in [5.74, 6) is 0.541. The van der Waals surface area contributed by atoms with Crippen molar-refractivity contribution in [3.63, 3.8) is 0 Å². The van der Waals surface area contributed by atoms with Crippen molar-refractivity contribution in [1.29, 1.82) is 0 Å². The molecule has 2 aromatic rings. The largest absolute Gasteiger partial charge is 0.340 e. The molecule has 0 saturated heterocycles. The normalized spacial score (nSPS) is 10.3. The van der Waals surface area contributed by atoms with Gasteiger partial charge in [0.05, 0.1) is 4.92 Å². The Hall–Kier alpha value is -2.96. The van der Waals surface area contributed by atoms with E-state index in [9.17, 15) is 14.9 Å². The van der Waals surface area contributed by atoms with Crippen LogP contribution in [0.5, 0.6) is 0 Å². The minimum Gasteiger partial charge on any atom is -0.340 e. The smallest absolute Gasteiger partial charge is 0.287 e. The predicted molar refractivity (Wildman–Crippen MR) is 92.6 cm³/mol. The number of hydrogen-bond acceptors (Lipinski definition) is 5. The van der Waals surface area contributed by atoms with Gasteiger partial charge in [0, 0.05) is 30.4 Å². The molecule has 7 heteroatoms. The van der Waals surface area contributed by atoms with E-state index in [-0.39, 0.29) is 11.6 Å². The van der Waals surface area contributed by atoms with Crippen molar-refractivity contribution in [2.75, 3.05) is 18.4 Å². The van der Waals surface area contributed by atoms with E-state index >= 15 is 0 Å². The maximum absolute atomic E-state index is 12.3. The fourth-order valence-corrected chi connectivity index (χ4v) is 2.32. The molecular formula is C17H20N4O3. The van der Waals surface area contributed by atoms with E-state index in [0.29, 0.717) is 30.0 Å². The van der Waals surface area contributed by atoms with Crippen LogP contribution in [0, 0.1) is 17.0 Å². The number of aryl methyl sites for hydroxylation is 1. The molecule has 0 spiro atoms. The first-order valence-electron chi connectivity index (χ1n) is 7.73. The highest BCUT2D eigenvalue weighted by atomic mass is 16.6. The van der Waals surface area contributed by atoms with E-state index in [2.05, 4.69) is 10.3 Å². The Bertz CT molecular complexity index is 740. The molecule has 0 unspecified atom stereocenters. The number of pyridine rings is 1. The first kappa shape index (κ1) is 17.4. The van der Waals surface area contributed by atoms with E-state index < -0.39 is 4.92 Å². The third-order valence-electron chi connectivity index (χ3n) is 3.72. The standard InChI is InChI=1S/C17H20N4O3/c1-4-20(5-2)17(22)13-6-8-14(9-7-13)19-16-12(3)10-15(11-18-16)21(23)24/h6-11H,4-5H2,1-3H3,(H,18,19). The Morgan fingerprint density at radius 3 is 2.38 bits per heavy atom. The summed E-state index contributed by atoms with van der Waals surface area (Å²) in [7, 11) is 0. The van der Waals surface area contributed by atoms with Crippen molar-refractivity contribution in [2.45, 2.75) is 20.8 Å². The van der Waals surface area contributed by atoms with Crippen molar-refractivity contribution in [3.05, 3.63) is 57.8 Å². The second-order valence-corrected chi connectivity index (χ2v) is 5.30. The van der Waals surface area contributed by atoms with E-state index in [1.807, 2.05) is 13.8 Å². The quantitative estimate of drug-likeness (QED) is 0.647. The van der Waals surface area contributed by atoms with Gasteiger partial charge in [0.1, 0.15) is 12.0 Å². The Morgan fingerprint density at radius 1 is 1.25 bits per heavy atom. The Labute approximate surface area is 140 Å². The lowest BCUT2D eigenvalue weighted by atomic mass is 10.1. The van der Waals surface area contributed by atoms with Crippen molar-refractivity contribution < 1.29 is 9.72 Å². The molecule has 1 aromatic carbocycles. The predicted octanol–water partition coefficient (Wildman–Crippen LogP) is 3.52. The number of aromatic nitrogens is 1. The molecule has 24 heavy (non-hydrogen) atoms. The summed E-state index contributed by atoms with van der Waals surface area (Å²) in [5.41, 5.74) is 2.01. The molecule has 7 nitrogen and oxygen atoms in total. The minimum atomic E-state index is -0.475. The highest BCUT2D eigenvalue weighted by Gasteiger charge is 2.13. The first-order valence-corrected chi connectivity index (χ1v) is 7.73. The number of anilines is 2.